The van der Waals surface area contributed by atoms with Gasteiger partial charge in [-0.1, -0.05) is 30.3 Å². The van der Waals surface area contributed by atoms with Crippen LogP contribution in [0, 0.1) is 0 Å². The molecule has 3 aromatic carbocycles. The molecule has 0 saturated heterocycles. The van der Waals surface area contributed by atoms with Crippen molar-refractivity contribution in [3.05, 3.63) is 54.6 Å². The standard InChI is InChI=1S/C16H11NS/c17-13-6-3-7-14-16(13)12-8-10-4-1-2-5-11(10)9-15(12)18-14/h1-9H,17H2. The van der Waals surface area contributed by atoms with E-state index in [0.717, 1.165) is 5.69 Å². The van der Waals surface area contributed by atoms with E-state index in [4.69, 9.17) is 5.73 Å². The Kier molecular flexibility index (Phi) is 1.91. The number of thiophene rings is 1. The molecule has 2 N–H and O–H groups in total. The lowest BCUT2D eigenvalue weighted by Crippen LogP contribution is -1.83. The second kappa shape index (κ2) is 3.47. The van der Waals surface area contributed by atoms with Crippen molar-refractivity contribution >= 4 is 48.0 Å². The molecule has 0 unspecified atom stereocenters. The summed E-state index contributed by atoms with van der Waals surface area (Å²) in [6.07, 6.45) is 0. The second-order valence-electron chi connectivity index (χ2n) is 4.52. The van der Waals surface area contributed by atoms with E-state index in [1.54, 1.807) is 0 Å². The monoisotopic (exact) mass is 249 g/mol. The maximum atomic E-state index is 6.12. The first-order valence-electron chi connectivity index (χ1n) is 5.92. The van der Waals surface area contributed by atoms with Crippen molar-refractivity contribution in [2.24, 2.45) is 0 Å². The normalized spacial score (nSPS) is 11.6. The fourth-order valence-corrected chi connectivity index (χ4v) is 3.71. The van der Waals surface area contributed by atoms with Gasteiger partial charge in [0.2, 0.25) is 0 Å². The predicted octanol–water partition coefficient (Wildman–Crippen LogP) is 4.79. The van der Waals surface area contributed by atoms with Crippen LogP contribution in [-0.4, -0.2) is 0 Å². The molecule has 1 aromatic heterocycles. The number of nitrogens with two attached hydrogens (primary N) is 1. The lowest BCUT2D eigenvalue weighted by atomic mass is 10.1. The molecule has 0 spiro atoms. The van der Waals surface area contributed by atoms with Crippen LogP contribution in [-0.2, 0) is 0 Å². The molecule has 0 aliphatic heterocycles. The van der Waals surface area contributed by atoms with E-state index in [1.165, 1.54) is 30.9 Å². The number of benzene rings is 3. The van der Waals surface area contributed by atoms with Gasteiger partial charge < -0.3 is 5.73 Å². The molecule has 4 aromatic rings. The van der Waals surface area contributed by atoms with Crippen molar-refractivity contribution in [3.8, 4) is 0 Å². The molecule has 86 valence electrons. The van der Waals surface area contributed by atoms with Crippen molar-refractivity contribution in [3.63, 3.8) is 0 Å². The maximum absolute atomic E-state index is 6.12. The van der Waals surface area contributed by atoms with Crippen molar-refractivity contribution in [2.45, 2.75) is 0 Å². The molecule has 0 radical (unpaired) electrons. The number of fused-ring (bicyclic) bond motifs is 4. The van der Waals surface area contributed by atoms with E-state index >= 15 is 0 Å². The number of hydrogen-bond donors (Lipinski definition) is 1. The number of anilines is 1. The predicted molar refractivity (Wildman–Crippen MR) is 81.2 cm³/mol. The van der Waals surface area contributed by atoms with Crippen LogP contribution >= 0.6 is 11.3 Å². The summed E-state index contributed by atoms with van der Waals surface area (Å²) in [7, 11) is 0. The Morgan fingerprint density at radius 3 is 2.39 bits per heavy atom. The van der Waals surface area contributed by atoms with E-state index in [0.29, 0.717) is 0 Å². The van der Waals surface area contributed by atoms with Crippen LogP contribution in [0.15, 0.2) is 54.6 Å². The molecule has 0 atom stereocenters. The van der Waals surface area contributed by atoms with Crippen molar-refractivity contribution < 1.29 is 0 Å². The first kappa shape index (κ1) is 9.92. The topological polar surface area (TPSA) is 26.0 Å². The summed E-state index contributed by atoms with van der Waals surface area (Å²) >= 11 is 1.81. The highest BCUT2D eigenvalue weighted by molar-refractivity contribution is 7.26. The first-order chi connectivity index (χ1) is 8.83. The quantitative estimate of drug-likeness (QED) is 0.445. The molecule has 0 aliphatic carbocycles. The third kappa shape index (κ3) is 1.27. The lowest BCUT2D eigenvalue weighted by molar-refractivity contribution is 1.80. The van der Waals surface area contributed by atoms with E-state index in [9.17, 15) is 0 Å². The van der Waals surface area contributed by atoms with Gasteiger partial charge in [-0.25, -0.2) is 0 Å². The van der Waals surface area contributed by atoms with Gasteiger partial charge in [-0.3, -0.25) is 0 Å². The first-order valence-corrected chi connectivity index (χ1v) is 6.74. The number of hydrogen-bond acceptors (Lipinski definition) is 2. The Labute approximate surface area is 108 Å². The highest BCUT2D eigenvalue weighted by atomic mass is 32.1. The summed E-state index contributed by atoms with van der Waals surface area (Å²) in [5, 5.41) is 5.03. The molecule has 18 heavy (non-hydrogen) atoms. The third-order valence-corrected chi connectivity index (χ3v) is 4.51. The van der Waals surface area contributed by atoms with Gasteiger partial charge in [0.15, 0.2) is 0 Å². The zero-order valence-electron chi connectivity index (χ0n) is 9.68. The van der Waals surface area contributed by atoms with Gasteiger partial charge in [-0.15, -0.1) is 11.3 Å². The molecule has 1 heterocycles. The van der Waals surface area contributed by atoms with Crippen LogP contribution < -0.4 is 5.73 Å². The molecule has 0 bridgehead atoms. The Morgan fingerprint density at radius 2 is 1.56 bits per heavy atom. The highest BCUT2D eigenvalue weighted by Gasteiger charge is 2.08. The summed E-state index contributed by atoms with van der Waals surface area (Å²) in [6.45, 7) is 0. The maximum Gasteiger partial charge on any atom is 0.0408 e. The summed E-state index contributed by atoms with van der Waals surface area (Å²) in [6, 6.07) is 19.1. The van der Waals surface area contributed by atoms with E-state index < -0.39 is 0 Å². The van der Waals surface area contributed by atoms with Gasteiger partial charge in [-0.05, 0) is 35.0 Å². The van der Waals surface area contributed by atoms with E-state index in [2.05, 4.69) is 42.5 Å². The average Bonchev–Trinajstić information content (AvgIpc) is 2.74. The van der Waals surface area contributed by atoms with Crippen LogP contribution in [0.2, 0.25) is 0 Å². The summed E-state index contributed by atoms with van der Waals surface area (Å²) < 4.78 is 2.57. The summed E-state index contributed by atoms with van der Waals surface area (Å²) in [4.78, 5) is 0. The number of nitrogen functional groups attached to an aromatic ring is 1. The molecule has 0 saturated carbocycles. The SMILES string of the molecule is Nc1cccc2sc3cc4ccccc4cc3c12. The smallest absolute Gasteiger partial charge is 0.0408 e. The van der Waals surface area contributed by atoms with Gasteiger partial charge in [0.25, 0.3) is 0 Å². The van der Waals surface area contributed by atoms with Gasteiger partial charge in [-0.2, -0.15) is 0 Å². The molecular formula is C16H11NS. The fraction of sp³-hybridized carbons (Fsp3) is 0. The third-order valence-electron chi connectivity index (χ3n) is 3.40. The summed E-state index contributed by atoms with van der Waals surface area (Å²) in [5.74, 6) is 0. The van der Waals surface area contributed by atoms with Crippen LogP contribution in [0.25, 0.3) is 30.9 Å². The minimum absolute atomic E-state index is 0.869. The molecule has 0 aliphatic rings. The van der Waals surface area contributed by atoms with Gasteiger partial charge in [0.1, 0.15) is 0 Å². The molecule has 1 nitrogen and oxygen atoms in total. The minimum atomic E-state index is 0.869. The average molecular weight is 249 g/mol. The number of rotatable bonds is 0. The Hall–Kier alpha value is -2.06. The Balaban J connectivity index is 2.29. The molecule has 2 heteroatoms. The van der Waals surface area contributed by atoms with Crippen LogP contribution in [0.5, 0.6) is 0 Å². The van der Waals surface area contributed by atoms with Crippen LogP contribution in [0.1, 0.15) is 0 Å². The Morgan fingerprint density at radius 1 is 0.778 bits per heavy atom. The van der Waals surface area contributed by atoms with Gasteiger partial charge in [0, 0.05) is 25.9 Å². The zero-order valence-corrected chi connectivity index (χ0v) is 10.5. The fourth-order valence-electron chi connectivity index (χ4n) is 2.54. The van der Waals surface area contributed by atoms with Crippen molar-refractivity contribution in [1.29, 1.82) is 0 Å². The molecule has 4 rings (SSSR count). The molecule has 0 fully saturated rings. The minimum Gasteiger partial charge on any atom is -0.398 e. The zero-order chi connectivity index (χ0) is 12.1. The van der Waals surface area contributed by atoms with Crippen molar-refractivity contribution in [1.82, 2.24) is 0 Å². The summed E-state index contributed by atoms with van der Waals surface area (Å²) in [5.41, 5.74) is 6.99. The van der Waals surface area contributed by atoms with E-state index in [1.807, 2.05) is 23.5 Å². The Bertz CT molecular complexity index is 889. The van der Waals surface area contributed by atoms with Crippen molar-refractivity contribution in [2.75, 3.05) is 5.73 Å². The van der Waals surface area contributed by atoms with Gasteiger partial charge >= 0.3 is 0 Å². The second-order valence-corrected chi connectivity index (χ2v) is 5.60. The highest BCUT2D eigenvalue weighted by Crippen LogP contribution is 2.38. The molecule has 0 amide bonds. The van der Waals surface area contributed by atoms with Crippen LogP contribution in [0.4, 0.5) is 5.69 Å². The lowest BCUT2D eigenvalue weighted by Gasteiger charge is -1.99. The largest absolute Gasteiger partial charge is 0.398 e. The molecular weight excluding hydrogens is 238 g/mol. The van der Waals surface area contributed by atoms with E-state index in [-0.39, 0.29) is 0 Å². The van der Waals surface area contributed by atoms with Crippen LogP contribution in [0.3, 0.4) is 0 Å². The van der Waals surface area contributed by atoms with Gasteiger partial charge in [0.05, 0.1) is 0 Å².